The van der Waals surface area contributed by atoms with Gasteiger partial charge in [-0.15, -0.1) is 0 Å². The molecule has 2 rings (SSSR count). The summed E-state index contributed by atoms with van der Waals surface area (Å²) >= 11 is 5.68. The van der Waals surface area contributed by atoms with Crippen LogP contribution in [0.3, 0.4) is 0 Å². The van der Waals surface area contributed by atoms with Crippen LogP contribution in [-0.4, -0.2) is 52.6 Å². The lowest BCUT2D eigenvalue weighted by Gasteiger charge is -2.29. The van der Waals surface area contributed by atoms with E-state index < -0.39 is 0 Å². The molecule has 1 aromatic carbocycles. The van der Waals surface area contributed by atoms with E-state index in [1.54, 1.807) is 0 Å². The van der Waals surface area contributed by atoms with Crippen molar-refractivity contribution in [3.8, 4) is 0 Å². The molecule has 0 fully saturated rings. The molecule has 0 amide bonds. The van der Waals surface area contributed by atoms with Crippen molar-refractivity contribution in [1.82, 2.24) is 20.1 Å². The molecule has 0 unspecified atom stereocenters. The first-order valence-corrected chi connectivity index (χ1v) is 11.0. The van der Waals surface area contributed by atoms with Crippen molar-refractivity contribution in [3.05, 3.63) is 45.2 Å². The number of nitrogens with one attached hydrogen (secondary N) is 2. The molecular formula is C23H36N4OS. The average Bonchev–Trinajstić information content (AvgIpc) is 2.67. The second-order valence-electron chi connectivity index (χ2n) is 8.18. The topological polar surface area (TPSA) is 51.4 Å². The Morgan fingerprint density at radius 1 is 1.10 bits per heavy atom. The van der Waals surface area contributed by atoms with Gasteiger partial charge in [-0.05, 0) is 79.8 Å². The van der Waals surface area contributed by atoms with E-state index in [9.17, 15) is 4.79 Å². The minimum atomic E-state index is -0.0414. The monoisotopic (exact) mass is 416 g/mol. The summed E-state index contributed by atoms with van der Waals surface area (Å²) in [6, 6.07) is 6.19. The molecule has 0 aliphatic carbocycles. The van der Waals surface area contributed by atoms with Crippen LogP contribution in [-0.2, 0) is 6.54 Å². The number of H-pyrrole nitrogens is 1. The standard InChI is InChI=1S/C23H36N4OS/c1-7-26(8-2)9-10-27(23(29)24-14-16(3)4)15-20-13-19-11-17(5)18(6)12-21(19)25-22(20)28/h11-13,16H,7-10,14-15H2,1-6H3,(H,24,29)(H,25,28). The second-order valence-corrected chi connectivity index (χ2v) is 8.56. The molecule has 0 radical (unpaired) electrons. The molecule has 0 aliphatic rings. The number of rotatable bonds is 9. The Bertz CT molecular complexity index is 886. The van der Waals surface area contributed by atoms with E-state index in [0.29, 0.717) is 17.6 Å². The Balaban J connectivity index is 2.28. The van der Waals surface area contributed by atoms with Crippen molar-refractivity contribution in [2.75, 3.05) is 32.7 Å². The molecule has 0 saturated heterocycles. The second kappa shape index (κ2) is 10.7. The largest absolute Gasteiger partial charge is 0.362 e. The van der Waals surface area contributed by atoms with Crippen LogP contribution >= 0.6 is 12.2 Å². The lowest BCUT2D eigenvalue weighted by atomic mass is 10.0. The number of hydrogen-bond donors (Lipinski definition) is 2. The summed E-state index contributed by atoms with van der Waals surface area (Å²) in [5.41, 5.74) is 4.00. The first-order valence-electron chi connectivity index (χ1n) is 10.6. The normalized spacial score (nSPS) is 11.4. The molecule has 2 aromatic rings. The highest BCUT2D eigenvalue weighted by Crippen LogP contribution is 2.18. The van der Waals surface area contributed by atoms with Gasteiger partial charge in [0.05, 0.1) is 6.54 Å². The van der Waals surface area contributed by atoms with E-state index in [4.69, 9.17) is 12.2 Å². The van der Waals surface area contributed by atoms with E-state index in [1.165, 1.54) is 11.1 Å². The average molecular weight is 417 g/mol. The number of nitrogens with zero attached hydrogens (tertiary/aromatic N) is 2. The Morgan fingerprint density at radius 3 is 2.38 bits per heavy atom. The Morgan fingerprint density at radius 2 is 1.76 bits per heavy atom. The van der Waals surface area contributed by atoms with Crippen molar-refractivity contribution < 1.29 is 0 Å². The third-order valence-corrected chi connectivity index (χ3v) is 5.83. The molecule has 29 heavy (non-hydrogen) atoms. The maximum atomic E-state index is 12.7. The molecule has 5 nitrogen and oxygen atoms in total. The van der Waals surface area contributed by atoms with Crippen LogP contribution < -0.4 is 10.9 Å². The van der Waals surface area contributed by atoms with Crippen LogP contribution in [0.1, 0.15) is 44.4 Å². The molecule has 0 atom stereocenters. The molecule has 6 heteroatoms. The number of thiocarbonyl (C=S) groups is 1. The maximum Gasteiger partial charge on any atom is 0.253 e. The summed E-state index contributed by atoms with van der Waals surface area (Å²) in [6.07, 6.45) is 0. The number of hydrogen-bond acceptors (Lipinski definition) is 3. The maximum absolute atomic E-state index is 12.7. The van der Waals surface area contributed by atoms with Gasteiger partial charge in [0.1, 0.15) is 0 Å². The zero-order chi connectivity index (χ0) is 21.6. The third kappa shape index (κ3) is 6.54. The molecule has 0 spiro atoms. The highest BCUT2D eigenvalue weighted by molar-refractivity contribution is 7.80. The third-order valence-electron chi connectivity index (χ3n) is 5.43. The summed E-state index contributed by atoms with van der Waals surface area (Å²) in [7, 11) is 0. The lowest BCUT2D eigenvalue weighted by Crippen LogP contribution is -2.45. The first kappa shape index (κ1) is 23.4. The summed E-state index contributed by atoms with van der Waals surface area (Å²) in [4.78, 5) is 20.3. The predicted octanol–water partition coefficient (Wildman–Crippen LogP) is 3.82. The van der Waals surface area contributed by atoms with Crippen molar-refractivity contribution in [1.29, 1.82) is 0 Å². The number of benzene rings is 1. The smallest absolute Gasteiger partial charge is 0.253 e. The molecule has 1 aromatic heterocycles. The van der Waals surface area contributed by atoms with Crippen LogP contribution in [0, 0.1) is 19.8 Å². The van der Waals surface area contributed by atoms with Gasteiger partial charge in [-0.3, -0.25) is 4.79 Å². The molecular weight excluding hydrogens is 380 g/mol. The van der Waals surface area contributed by atoms with E-state index in [-0.39, 0.29) is 5.56 Å². The fourth-order valence-corrected chi connectivity index (χ4v) is 3.54. The molecule has 1 heterocycles. The Labute approximate surface area is 180 Å². The van der Waals surface area contributed by atoms with Gasteiger partial charge in [0.25, 0.3) is 5.56 Å². The van der Waals surface area contributed by atoms with Crippen LogP contribution in [0.5, 0.6) is 0 Å². The van der Waals surface area contributed by atoms with Gasteiger partial charge in [-0.2, -0.15) is 0 Å². The zero-order valence-electron chi connectivity index (χ0n) is 18.8. The Hall–Kier alpha value is -1.92. The minimum absolute atomic E-state index is 0.0414. The fourth-order valence-electron chi connectivity index (χ4n) is 3.30. The number of aryl methyl sites for hydroxylation is 2. The summed E-state index contributed by atoms with van der Waals surface area (Å²) in [5, 5.41) is 5.14. The van der Waals surface area contributed by atoms with Gasteiger partial charge < -0.3 is 20.1 Å². The van der Waals surface area contributed by atoms with Crippen molar-refractivity contribution >= 4 is 28.2 Å². The Kier molecular flexibility index (Phi) is 8.65. The van der Waals surface area contributed by atoms with Crippen molar-refractivity contribution in [2.24, 2.45) is 5.92 Å². The lowest BCUT2D eigenvalue weighted by molar-refractivity contribution is 0.263. The van der Waals surface area contributed by atoms with Crippen LogP contribution in [0.15, 0.2) is 23.0 Å². The number of likely N-dealkylation sites (N-methyl/N-ethyl adjacent to an activating group) is 1. The van der Waals surface area contributed by atoms with Gasteiger partial charge in [0.15, 0.2) is 5.11 Å². The minimum Gasteiger partial charge on any atom is -0.362 e. The molecule has 160 valence electrons. The van der Waals surface area contributed by atoms with E-state index in [2.05, 4.69) is 67.7 Å². The quantitative estimate of drug-likeness (QED) is 0.609. The SMILES string of the molecule is CCN(CC)CCN(Cc1cc2cc(C)c(C)cc2[nH]c1=O)C(=S)NCC(C)C. The van der Waals surface area contributed by atoms with Crippen molar-refractivity contribution in [3.63, 3.8) is 0 Å². The van der Waals surface area contributed by atoms with Crippen LogP contribution in [0.2, 0.25) is 0 Å². The van der Waals surface area contributed by atoms with Gasteiger partial charge in [0, 0.05) is 30.7 Å². The van der Waals surface area contributed by atoms with Crippen LogP contribution in [0.4, 0.5) is 0 Å². The van der Waals surface area contributed by atoms with E-state index >= 15 is 0 Å². The number of aromatic nitrogens is 1. The van der Waals surface area contributed by atoms with E-state index in [0.717, 1.165) is 49.2 Å². The van der Waals surface area contributed by atoms with Gasteiger partial charge in [0.2, 0.25) is 0 Å². The summed E-state index contributed by atoms with van der Waals surface area (Å²) in [5.74, 6) is 0.507. The molecule has 2 N–H and O–H groups in total. The van der Waals surface area contributed by atoms with Crippen molar-refractivity contribution in [2.45, 2.75) is 48.1 Å². The zero-order valence-corrected chi connectivity index (χ0v) is 19.6. The molecule has 0 bridgehead atoms. The number of pyridine rings is 1. The van der Waals surface area contributed by atoms with Gasteiger partial charge in [-0.25, -0.2) is 0 Å². The van der Waals surface area contributed by atoms with Crippen LogP contribution in [0.25, 0.3) is 10.9 Å². The fraction of sp³-hybridized carbons (Fsp3) is 0.565. The number of fused-ring (bicyclic) bond motifs is 1. The van der Waals surface area contributed by atoms with Gasteiger partial charge >= 0.3 is 0 Å². The highest BCUT2D eigenvalue weighted by Gasteiger charge is 2.15. The predicted molar refractivity (Wildman–Crippen MR) is 128 cm³/mol. The molecule has 0 saturated carbocycles. The molecule has 0 aliphatic heterocycles. The summed E-state index contributed by atoms with van der Waals surface area (Å²) in [6.45, 7) is 17.9. The first-order chi connectivity index (χ1) is 13.7. The number of aromatic amines is 1. The van der Waals surface area contributed by atoms with E-state index in [1.807, 2.05) is 12.1 Å². The highest BCUT2D eigenvalue weighted by atomic mass is 32.1. The summed E-state index contributed by atoms with van der Waals surface area (Å²) < 4.78 is 0. The van der Waals surface area contributed by atoms with Gasteiger partial charge in [-0.1, -0.05) is 27.7 Å².